The van der Waals surface area contributed by atoms with E-state index in [1.165, 1.54) is 6.42 Å². The van der Waals surface area contributed by atoms with Crippen molar-refractivity contribution in [2.45, 2.75) is 20.3 Å². The fraction of sp³-hybridized carbons (Fsp3) is 0.636. The number of hydrogen-bond acceptors (Lipinski definition) is 0. The predicted octanol–water partition coefficient (Wildman–Crippen LogP) is 3.02. The summed E-state index contributed by atoms with van der Waals surface area (Å²) < 4.78 is 0. The summed E-state index contributed by atoms with van der Waals surface area (Å²) in [6.45, 7) is 4.77. The van der Waals surface area contributed by atoms with Gasteiger partial charge in [0.25, 0.3) is 0 Å². The molecule has 1 saturated carbocycles. The fourth-order valence-electron chi connectivity index (χ4n) is 2.49. The summed E-state index contributed by atoms with van der Waals surface area (Å²) in [6, 6.07) is 0. The van der Waals surface area contributed by atoms with Crippen molar-refractivity contribution < 1.29 is 0 Å². The van der Waals surface area contributed by atoms with Crippen molar-refractivity contribution in [3.63, 3.8) is 0 Å². The minimum atomic E-state index is 0.843. The highest BCUT2D eigenvalue weighted by molar-refractivity contribution is 5.17. The van der Waals surface area contributed by atoms with E-state index in [-0.39, 0.29) is 0 Å². The molecule has 4 atom stereocenters. The van der Waals surface area contributed by atoms with Crippen LogP contribution >= 0.6 is 0 Å². The van der Waals surface area contributed by atoms with Crippen LogP contribution < -0.4 is 0 Å². The lowest BCUT2D eigenvalue weighted by Gasteiger charge is -2.19. The van der Waals surface area contributed by atoms with Gasteiger partial charge >= 0.3 is 0 Å². The van der Waals surface area contributed by atoms with E-state index in [9.17, 15) is 0 Å². The lowest BCUT2D eigenvalue weighted by molar-refractivity contribution is 0.395. The zero-order chi connectivity index (χ0) is 7.84. The van der Waals surface area contributed by atoms with E-state index >= 15 is 0 Å². The average molecular weight is 148 g/mol. The van der Waals surface area contributed by atoms with E-state index in [0.717, 1.165) is 23.7 Å². The largest absolute Gasteiger partial charge is 0.0808 e. The smallest absolute Gasteiger partial charge is 0.0139 e. The maximum Gasteiger partial charge on any atom is -0.0139 e. The van der Waals surface area contributed by atoms with E-state index in [4.69, 9.17) is 0 Å². The van der Waals surface area contributed by atoms with E-state index in [2.05, 4.69) is 38.2 Å². The summed E-state index contributed by atoms with van der Waals surface area (Å²) in [6.07, 6.45) is 10.6. The third kappa shape index (κ3) is 1.05. The monoisotopic (exact) mass is 148 g/mol. The highest BCUT2D eigenvalue weighted by atomic mass is 14.4. The van der Waals surface area contributed by atoms with Gasteiger partial charge in [0.1, 0.15) is 0 Å². The van der Waals surface area contributed by atoms with Crippen LogP contribution in [-0.4, -0.2) is 0 Å². The van der Waals surface area contributed by atoms with E-state index < -0.39 is 0 Å². The van der Waals surface area contributed by atoms with E-state index in [0.29, 0.717) is 0 Å². The van der Waals surface area contributed by atoms with Gasteiger partial charge in [-0.3, -0.25) is 0 Å². The van der Waals surface area contributed by atoms with Crippen LogP contribution in [0.2, 0.25) is 0 Å². The molecule has 0 nitrogen and oxygen atoms in total. The normalized spacial score (nSPS) is 47.8. The minimum absolute atomic E-state index is 0.843. The molecule has 11 heavy (non-hydrogen) atoms. The van der Waals surface area contributed by atoms with Crippen LogP contribution in [-0.2, 0) is 0 Å². The van der Waals surface area contributed by atoms with Gasteiger partial charge in [0.15, 0.2) is 0 Å². The topological polar surface area (TPSA) is 0 Å². The lowest BCUT2D eigenvalue weighted by atomic mass is 9.86. The van der Waals surface area contributed by atoms with Crippen molar-refractivity contribution in [1.82, 2.24) is 0 Å². The summed E-state index contributed by atoms with van der Waals surface area (Å²) in [7, 11) is 0. The Morgan fingerprint density at radius 2 is 1.82 bits per heavy atom. The van der Waals surface area contributed by atoms with Crippen molar-refractivity contribution in [1.29, 1.82) is 0 Å². The summed E-state index contributed by atoms with van der Waals surface area (Å²) in [5.41, 5.74) is 0. The van der Waals surface area contributed by atoms with Crippen LogP contribution in [0.1, 0.15) is 20.3 Å². The molecule has 0 N–H and O–H groups in total. The highest BCUT2D eigenvalue weighted by Crippen LogP contribution is 2.43. The van der Waals surface area contributed by atoms with Crippen molar-refractivity contribution in [3.8, 4) is 0 Å². The zero-order valence-electron chi connectivity index (χ0n) is 7.33. The number of rotatable bonds is 0. The molecule has 0 amide bonds. The molecule has 0 aromatic heterocycles. The Morgan fingerprint density at radius 3 is 2.55 bits per heavy atom. The minimum Gasteiger partial charge on any atom is -0.0808 e. The molecule has 0 bridgehead atoms. The Labute approximate surface area is 69.0 Å². The Kier molecular flexibility index (Phi) is 1.63. The Morgan fingerprint density at radius 1 is 1.09 bits per heavy atom. The van der Waals surface area contributed by atoms with Crippen LogP contribution in [0.5, 0.6) is 0 Å². The van der Waals surface area contributed by atoms with Crippen LogP contribution in [0, 0.1) is 23.7 Å². The molecule has 2 aliphatic carbocycles. The first-order valence-electron chi connectivity index (χ1n) is 4.64. The van der Waals surface area contributed by atoms with Gasteiger partial charge in [0, 0.05) is 0 Å². The standard InChI is InChI=1S/C11H16/c1-8-7-10-5-3-4-6-11(10)9(8)2/h3-6,8-11H,7H2,1-2H3/t8?,9-,10?,11?/m0/s1. The molecule has 3 unspecified atom stereocenters. The van der Waals surface area contributed by atoms with Crippen LogP contribution in [0.15, 0.2) is 24.3 Å². The average Bonchev–Trinajstić information content (AvgIpc) is 2.30. The Bertz CT molecular complexity index is 200. The first-order valence-corrected chi connectivity index (χ1v) is 4.64. The van der Waals surface area contributed by atoms with Crippen molar-refractivity contribution in [2.75, 3.05) is 0 Å². The second kappa shape index (κ2) is 2.51. The molecule has 0 aromatic rings. The van der Waals surface area contributed by atoms with Gasteiger partial charge in [-0.1, -0.05) is 38.2 Å². The highest BCUT2D eigenvalue weighted by Gasteiger charge is 2.35. The van der Waals surface area contributed by atoms with Crippen LogP contribution in [0.3, 0.4) is 0 Å². The predicted molar refractivity (Wildman–Crippen MR) is 48.2 cm³/mol. The Hall–Kier alpha value is -0.520. The molecule has 1 fully saturated rings. The SMILES string of the molecule is CC1CC2C=CC=CC2[C@H]1C. The lowest BCUT2D eigenvalue weighted by Crippen LogP contribution is -2.11. The third-order valence-corrected chi connectivity index (χ3v) is 3.45. The van der Waals surface area contributed by atoms with Gasteiger partial charge in [-0.2, -0.15) is 0 Å². The van der Waals surface area contributed by atoms with Gasteiger partial charge in [0.2, 0.25) is 0 Å². The molecule has 2 aliphatic rings. The summed E-state index contributed by atoms with van der Waals surface area (Å²) >= 11 is 0. The van der Waals surface area contributed by atoms with Gasteiger partial charge in [-0.05, 0) is 30.1 Å². The van der Waals surface area contributed by atoms with Crippen LogP contribution in [0.4, 0.5) is 0 Å². The van der Waals surface area contributed by atoms with Gasteiger partial charge in [-0.15, -0.1) is 0 Å². The molecule has 0 aromatic carbocycles. The van der Waals surface area contributed by atoms with Crippen molar-refractivity contribution in [2.24, 2.45) is 23.7 Å². The molecule has 0 heterocycles. The van der Waals surface area contributed by atoms with Gasteiger partial charge < -0.3 is 0 Å². The van der Waals surface area contributed by atoms with E-state index in [1.54, 1.807) is 0 Å². The summed E-state index contributed by atoms with van der Waals surface area (Å²) in [5.74, 6) is 3.50. The fourth-order valence-corrected chi connectivity index (χ4v) is 2.49. The zero-order valence-corrected chi connectivity index (χ0v) is 7.33. The quantitative estimate of drug-likeness (QED) is 0.495. The summed E-state index contributed by atoms with van der Waals surface area (Å²) in [4.78, 5) is 0. The van der Waals surface area contributed by atoms with Gasteiger partial charge in [-0.25, -0.2) is 0 Å². The van der Waals surface area contributed by atoms with E-state index in [1.807, 2.05) is 0 Å². The maximum absolute atomic E-state index is 2.39. The molecule has 0 heteroatoms. The van der Waals surface area contributed by atoms with Crippen LogP contribution in [0.25, 0.3) is 0 Å². The third-order valence-electron chi connectivity index (χ3n) is 3.45. The second-order valence-electron chi connectivity index (χ2n) is 4.08. The molecular weight excluding hydrogens is 132 g/mol. The number of fused-ring (bicyclic) bond motifs is 1. The maximum atomic E-state index is 2.39. The molecule has 0 aliphatic heterocycles. The molecule has 60 valence electrons. The first kappa shape index (κ1) is 7.15. The van der Waals surface area contributed by atoms with Crippen molar-refractivity contribution >= 4 is 0 Å². The molecular formula is C11H16. The molecule has 0 saturated heterocycles. The van der Waals surface area contributed by atoms with Gasteiger partial charge in [0.05, 0.1) is 0 Å². The molecule has 0 radical (unpaired) electrons. The number of hydrogen-bond donors (Lipinski definition) is 0. The van der Waals surface area contributed by atoms with Crippen molar-refractivity contribution in [3.05, 3.63) is 24.3 Å². The Balaban J connectivity index is 2.20. The molecule has 0 spiro atoms. The number of allylic oxidation sites excluding steroid dienone is 4. The molecule has 2 rings (SSSR count). The summed E-state index contributed by atoms with van der Waals surface area (Å²) in [5, 5.41) is 0. The second-order valence-corrected chi connectivity index (χ2v) is 4.08. The first-order chi connectivity index (χ1) is 5.29.